The number of nitrogens with one attached hydrogen (secondary N) is 1. The summed E-state index contributed by atoms with van der Waals surface area (Å²) in [6, 6.07) is 7.78. The summed E-state index contributed by atoms with van der Waals surface area (Å²) in [6.45, 7) is 4.50. The first-order valence-corrected chi connectivity index (χ1v) is 5.39. The molecule has 90 valence electrons. The second-order valence-electron chi connectivity index (χ2n) is 3.88. The zero-order valence-corrected chi connectivity index (χ0v) is 10.1. The van der Waals surface area contributed by atoms with Crippen molar-refractivity contribution in [1.82, 2.24) is 5.43 Å². The third-order valence-corrected chi connectivity index (χ3v) is 2.19. The molecule has 0 bridgehead atoms. The Kier molecular flexibility index (Phi) is 5.25. The predicted molar refractivity (Wildman–Crippen MR) is 64.1 cm³/mol. The van der Waals surface area contributed by atoms with Crippen LogP contribution in [-0.4, -0.2) is 19.8 Å². The number of methoxy groups -OCH3 is 1. The molecule has 0 fully saturated rings. The topological polar surface area (TPSA) is 56.5 Å². The third kappa shape index (κ3) is 3.48. The lowest BCUT2D eigenvalue weighted by Gasteiger charge is -2.20. The summed E-state index contributed by atoms with van der Waals surface area (Å²) in [5.74, 6) is 6.35. The van der Waals surface area contributed by atoms with E-state index in [2.05, 4.69) is 5.43 Å². The van der Waals surface area contributed by atoms with Crippen molar-refractivity contribution in [3.05, 3.63) is 29.8 Å². The molecule has 0 aromatic heterocycles. The van der Waals surface area contributed by atoms with E-state index in [1.807, 2.05) is 38.1 Å². The van der Waals surface area contributed by atoms with Crippen LogP contribution in [0.25, 0.3) is 0 Å². The van der Waals surface area contributed by atoms with Gasteiger partial charge in [-0.15, -0.1) is 0 Å². The Labute approximate surface area is 96.7 Å². The van der Waals surface area contributed by atoms with Crippen molar-refractivity contribution in [1.29, 1.82) is 0 Å². The highest BCUT2D eigenvalue weighted by molar-refractivity contribution is 5.36. The van der Waals surface area contributed by atoms with Crippen molar-refractivity contribution in [3.8, 4) is 5.75 Å². The predicted octanol–water partition coefficient (Wildman–Crippen LogP) is 1.62. The second kappa shape index (κ2) is 6.48. The van der Waals surface area contributed by atoms with Crippen LogP contribution in [-0.2, 0) is 4.74 Å². The minimum absolute atomic E-state index is 0.0556. The molecule has 0 saturated heterocycles. The zero-order chi connectivity index (χ0) is 12.0. The maximum absolute atomic E-state index is 5.72. The fourth-order valence-electron chi connectivity index (χ4n) is 1.52. The van der Waals surface area contributed by atoms with Crippen LogP contribution in [0.4, 0.5) is 0 Å². The van der Waals surface area contributed by atoms with E-state index in [1.165, 1.54) is 0 Å². The van der Waals surface area contributed by atoms with Gasteiger partial charge in [0, 0.05) is 12.7 Å². The summed E-state index contributed by atoms with van der Waals surface area (Å²) < 4.78 is 10.8. The number of para-hydroxylation sites is 1. The first-order chi connectivity index (χ1) is 7.69. The summed E-state index contributed by atoms with van der Waals surface area (Å²) in [5, 5.41) is 0. The second-order valence-corrected chi connectivity index (χ2v) is 3.88. The maximum Gasteiger partial charge on any atom is 0.124 e. The standard InChI is InChI=1S/C12H20N2O2/c1-9(2)16-12-7-5-4-6-10(12)11(14-13)8-15-3/h4-7,9,11,14H,8,13H2,1-3H3. The Balaban J connectivity index is 2.91. The zero-order valence-electron chi connectivity index (χ0n) is 10.1. The lowest BCUT2D eigenvalue weighted by atomic mass is 10.1. The average Bonchev–Trinajstić information content (AvgIpc) is 2.26. The molecule has 0 radical (unpaired) electrons. The van der Waals surface area contributed by atoms with Gasteiger partial charge in [0.1, 0.15) is 5.75 Å². The minimum Gasteiger partial charge on any atom is -0.491 e. The van der Waals surface area contributed by atoms with Gasteiger partial charge in [-0.1, -0.05) is 18.2 Å². The molecule has 1 rings (SSSR count). The highest BCUT2D eigenvalue weighted by Crippen LogP contribution is 2.25. The van der Waals surface area contributed by atoms with Crippen LogP contribution in [0.1, 0.15) is 25.5 Å². The molecule has 0 aliphatic carbocycles. The normalized spacial score (nSPS) is 12.8. The van der Waals surface area contributed by atoms with Gasteiger partial charge in [0.15, 0.2) is 0 Å². The van der Waals surface area contributed by atoms with E-state index < -0.39 is 0 Å². The van der Waals surface area contributed by atoms with E-state index in [4.69, 9.17) is 15.3 Å². The van der Waals surface area contributed by atoms with Crippen LogP contribution < -0.4 is 16.0 Å². The van der Waals surface area contributed by atoms with E-state index in [-0.39, 0.29) is 12.1 Å². The molecule has 1 aromatic carbocycles. The highest BCUT2D eigenvalue weighted by Gasteiger charge is 2.14. The Morgan fingerprint density at radius 3 is 2.56 bits per heavy atom. The quantitative estimate of drug-likeness (QED) is 0.569. The van der Waals surface area contributed by atoms with Gasteiger partial charge in [-0.2, -0.15) is 0 Å². The third-order valence-electron chi connectivity index (χ3n) is 2.19. The molecule has 0 aliphatic rings. The number of benzene rings is 1. The van der Waals surface area contributed by atoms with Crippen molar-refractivity contribution in [2.24, 2.45) is 5.84 Å². The van der Waals surface area contributed by atoms with Gasteiger partial charge < -0.3 is 9.47 Å². The molecule has 0 saturated carbocycles. The largest absolute Gasteiger partial charge is 0.491 e. The van der Waals surface area contributed by atoms with Gasteiger partial charge in [-0.25, -0.2) is 0 Å². The van der Waals surface area contributed by atoms with Crippen LogP contribution in [0.3, 0.4) is 0 Å². The summed E-state index contributed by atoms with van der Waals surface area (Å²) in [7, 11) is 1.65. The van der Waals surface area contributed by atoms with Gasteiger partial charge in [0.05, 0.1) is 18.8 Å². The molecular weight excluding hydrogens is 204 g/mol. The molecule has 3 N–H and O–H groups in total. The number of nitrogens with two attached hydrogens (primary N) is 1. The molecule has 1 atom stereocenters. The smallest absolute Gasteiger partial charge is 0.124 e. The van der Waals surface area contributed by atoms with Gasteiger partial charge in [-0.3, -0.25) is 11.3 Å². The summed E-state index contributed by atoms with van der Waals surface area (Å²) in [4.78, 5) is 0. The van der Waals surface area contributed by atoms with Gasteiger partial charge in [0.2, 0.25) is 0 Å². The van der Waals surface area contributed by atoms with Crippen LogP contribution in [0, 0.1) is 0 Å². The van der Waals surface area contributed by atoms with E-state index in [0.29, 0.717) is 6.61 Å². The van der Waals surface area contributed by atoms with Gasteiger partial charge in [0.25, 0.3) is 0 Å². The van der Waals surface area contributed by atoms with Gasteiger partial charge >= 0.3 is 0 Å². The first-order valence-electron chi connectivity index (χ1n) is 5.39. The Hall–Kier alpha value is -1.10. The van der Waals surface area contributed by atoms with E-state index in [0.717, 1.165) is 11.3 Å². The fourth-order valence-corrected chi connectivity index (χ4v) is 1.52. The number of hydrogen-bond donors (Lipinski definition) is 2. The summed E-state index contributed by atoms with van der Waals surface area (Å²) >= 11 is 0. The van der Waals surface area contributed by atoms with Crippen molar-refractivity contribution in [2.45, 2.75) is 26.0 Å². The lowest BCUT2D eigenvalue weighted by Crippen LogP contribution is -2.31. The number of rotatable bonds is 6. The molecule has 4 heteroatoms. The van der Waals surface area contributed by atoms with Crippen LogP contribution in [0.2, 0.25) is 0 Å². The SMILES string of the molecule is COCC(NN)c1ccccc1OC(C)C. The molecule has 4 nitrogen and oxygen atoms in total. The number of hydrogen-bond acceptors (Lipinski definition) is 4. The molecule has 0 amide bonds. The molecular formula is C12H20N2O2. The fraction of sp³-hybridized carbons (Fsp3) is 0.500. The molecule has 0 heterocycles. The van der Waals surface area contributed by atoms with E-state index >= 15 is 0 Å². The Morgan fingerprint density at radius 2 is 2.00 bits per heavy atom. The van der Waals surface area contributed by atoms with E-state index in [9.17, 15) is 0 Å². The van der Waals surface area contributed by atoms with Crippen molar-refractivity contribution in [3.63, 3.8) is 0 Å². The van der Waals surface area contributed by atoms with E-state index in [1.54, 1.807) is 7.11 Å². The minimum atomic E-state index is -0.0556. The molecule has 1 aromatic rings. The molecule has 0 aliphatic heterocycles. The molecule has 0 spiro atoms. The van der Waals surface area contributed by atoms with Crippen LogP contribution in [0.5, 0.6) is 5.75 Å². The van der Waals surface area contributed by atoms with Crippen molar-refractivity contribution in [2.75, 3.05) is 13.7 Å². The summed E-state index contributed by atoms with van der Waals surface area (Å²) in [5.41, 5.74) is 3.74. The van der Waals surface area contributed by atoms with Gasteiger partial charge in [-0.05, 0) is 19.9 Å². The monoisotopic (exact) mass is 224 g/mol. The lowest BCUT2D eigenvalue weighted by molar-refractivity contribution is 0.163. The number of ether oxygens (including phenoxy) is 2. The first kappa shape index (κ1) is 13.0. The maximum atomic E-state index is 5.72. The van der Waals surface area contributed by atoms with Crippen molar-refractivity contribution >= 4 is 0 Å². The number of hydrazine groups is 1. The Bertz CT molecular complexity index is 316. The summed E-state index contributed by atoms with van der Waals surface area (Å²) in [6.07, 6.45) is 0.141. The van der Waals surface area contributed by atoms with Crippen molar-refractivity contribution < 1.29 is 9.47 Å². The van der Waals surface area contributed by atoms with Crippen LogP contribution in [0.15, 0.2) is 24.3 Å². The Morgan fingerprint density at radius 1 is 1.31 bits per heavy atom. The molecule has 1 unspecified atom stereocenters. The van der Waals surface area contributed by atoms with Crippen LogP contribution >= 0.6 is 0 Å². The average molecular weight is 224 g/mol. The highest BCUT2D eigenvalue weighted by atomic mass is 16.5. The molecule has 16 heavy (non-hydrogen) atoms.